The van der Waals surface area contributed by atoms with Crippen LogP contribution in [-0.2, 0) is 14.3 Å². The number of hydrogen-bond donors (Lipinski definition) is 2. The average molecular weight is 417 g/mol. The summed E-state index contributed by atoms with van der Waals surface area (Å²) in [6, 6.07) is 7.82. The summed E-state index contributed by atoms with van der Waals surface area (Å²) >= 11 is 0. The third-order valence-electron chi connectivity index (χ3n) is 5.02. The van der Waals surface area contributed by atoms with Crippen LogP contribution < -0.4 is 10.6 Å². The molecule has 1 aromatic carbocycles. The molecule has 8 nitrogen and oxygen atoms in total. The lowest BCUT2D eigenvalue weighted by Crippen LogP contribution is -2.55. The van der Waals surface area contributed by atoms with Gasteiger partial charge in [-0.25, -0.2) is 4.79 Å². The van der Waals surface area contributed by atoms with Crippen molar-refractivity contribution in [2.45, 2.75) is 45.4 Å². The van der Waals surface area contributed by atoms with Crippen LogP contribution in [0, 0.1) is 24.2 Å². The number of carbonyl (C=O) groups is 2. The predicted octanol–water partition coefficient (Wildman–Crippen LogP) is 2.15. The van der Waals surface area contributed by atoms with Gasteiger partial charge >= 0.3 is 6.03 Å². The molecule has 3 amide bonds. The standard InChI is InChI=1S/C22H32N4O4/c1-15(2)13-18(25-22(28)26-9-11-30-12-10-26)21(27)24-19(14-23)20(29-4)17-7-5-16(3)6-8-17/h5-8,15,18-20H,9-13H2,1-4H3,(H,24,27)(H,25,28)/t18-,19?,20+/m0/s1. The zero-order chi connectivity index (χ0) is 22.1. The Morgan fingerprint density at radius 2 is 1.83 bits per heavy atom. The lowest BCUT2D eigenvalue weighted by molar-refractivity contribution is -0.124. The molecule has 1 fully saturated rings. The van der Waals surface area contributed by atoms with E-state index in [0.717, 1.165) is 11.1 Å². The van der Waals surface area contributed by atoms with Crippen LogP contribution in [0.2, 0.25) is 0 Å². The SMILES string of the molecule is CO[C@H](c1ccc(C)cc1)C(C#N)NC(=O)[C@H](CC(C)C)NC(=O)N1CCOCC1. The van der Waals surface area contributed by atoms with E-state index in [2.05, 4.69) is 16.7 Å². The molecule has 0 aliphatic carbocycles. The molecule has 1 aromatic rings. The maximum absolute atomic E-state index is 13.0. The topological polar surface area (TPSA) is 104 Å². The highest BCUT2D eigenvalue weighted by Gasteiger charge is 2.30. The molecule has 164 valence electrons. The van der Waals surface area contributed by atoms with Gasteiger partial charge in [-0.3, -0.25) is 4.79 Å². The zero-order valence-corrected chi connectivity index (χ0v) is 18.2. The van der Waals surface area contributed by atoms with Crippen molar-refractivity contribution in [3.63, 3.8) is 0 Å². The highest BCUT2D eigenvalue weighted by molar-refractivity contribution is 5.87. The van der Waals surface area contributed by atoms with Gasteiger partial charge in [0, 0.05) is 20.2 Å². The van der Waals surface area contributed by atoms with Gasteiger partial charge in [-0.05, 0) is 24.8 Å². The van der Waals surface area contributed by atoms with Crippen molar-refractivity contribution in [2.24, 2.45) is 5.92 Å². The maximum atomic E-state index is 13.0. The van der Waals surface area contributed by atoms with Crippen LogP contribution in [0.15, 0.2) is 24.3 Å². The Morgan fingerprint density at radius 1 is 1.20 bits per heavy atom. The largest absolute Gasteiger partial charge is 0.378 e. The summed E-state index contributed by atoms with van der Waals surface area (Å²) < 4.78 is 10.8. The molecule has 0 radical (unpaired) electrons. The number of methoxy groups -OCH3 is 1. The van der Waals surface area contributed by atoms with Crippen LogP contribution in [0.1, 0.15) is 37.5 Å². The monoisotopic (exact) mass is 416 g/mol. The second kappa shape index (κ2) is 11.5. The molecule has 2 rings (SSSR count). The Hall–Kier alpha value is -2.63. The molecule has 0 saturated carbocycles. The first kappa shape index (κ1) is 23.6. The van der Waals surface area contributed by atoms with E-state index in [0.29, 0.717) is 32.7 Å². The first-order valence-corrected chi connectivity index (χ1v) is 10.3. The fourth-order valence-corrected chi connectivity index (χ4v) is 3.36. The Balaban J connectivity index is 2.10. The van der Waals surface area contributed by atoms with Crippen LogP contribution in [0.4, 0.5) is 4.79 Å². The van der Waals surface area contributed by atoms with Crippen molar-refractivity contribution in [3.05, 3.63) is 35.4 Å². The Morgan fingerprint density at radius 3 is 2.37 bits per heavy atom. The normalized spacial score (nSPS) is 17.0. The number of ether oxygens (including phenoxy) is 2. The van der Waals surface area contributed by atoms with Crippen LogP contribution in [0.5, 0.6) is 0 Å². The third kappa shape index (κ3) is 6.71. The van der Waals surface area contributed by atoms with E-state index >= 15 is 0 Å². The minimum atomic E-state index is -0.889. The number of morpholine rings is 1. The Bertz CT molecular complexity index is 738. The second-order valence-electron chi connectivity index (χ2n) is 7.91. The van der Waals surface area contributed by atoms with E-state index in [9.17, 15) is 14.9 Å². The first-order valence-electron chi connectivity index (χ1n) is 10.3. The highest BCUT2D eigenvalue weighted by Crippen LogP contribution is 2.21. The molecule has 0 bridgehead atoms. The molecule has 3 atom stereocenters. The van der Waals surface area contributed by atoms with Crippen molar-refractivity contribution in [1.82, 2.24) is 15.5 Å². The molecular formula is C22H32N4O4. The number of urea groups is 1. The lowest BCUT2D eigenvalue weighted by Gasteiger charge is -2.30. The molecule has 30 heavy (non-hydrogen) atoms. The lowest BCUT2D eigenvalue weighted by atomic mass is 9.99. The third-order valence-corrected chi connectivity index (χ3v) is 5.02. The van der Waals surface area contributed by atoms with E-state index in [1.807, 2.05) is 45.0 Å². The van der Waals surface area contributed by atoms with Gasteiger partial charge in [0.05, 0.1) is 19.3 Å². The van der Waals surface area contributed by atoms with Crippen molar-refractivity contribution >= 4 is 11.9 Å². The van der Waals surface area contributed by atoms with Gasteiger partial charge in [-0.1, -0.05) is 43.7 Å². The quantitative estimate of drug-likeness (QED) is 0.676. The van der Waals surface area contributed by atoms with E-state index in [-0.39, 0.29) is 11.9 Å². The van der Waals surface area contributed by atoms with Gasteiger partial charge in [-0.2, -0.15) is 5.26 Å². The number of nitrogens with one attached hydrogen (secondary N) is 2. The van der Waals surface area contributed by atoms with Gasteiger partial charge in [0.1, 0.15) is 18.2 Å². The first-order chi connectivity index (χ1) is 14.3. The van der Waals surface area contributed by atoms with E-state index in [4.69, 9.17) is 9.47 Å². The fourth-order valence-electron chi connectivity index (χ4n) is 3.36. The van der Waals surface area contributed by atoms with Crippen LogP contribution in [0.25, 0.3) is 0 Å². The fraction of sp³-hybridized carbons (Fsp3) is 0.591. The zero-order valence-electron chi connectivity index (χ0n) is 18.2. The molecule has 1 unspecified atom stereocenters. The number of hydrogen-bond acceptors (Lipinski definition) is 5. The van der Waals surface area contributed by atoms with E-state index in [1.54, 1.807) is 4.90 Å². The summed E-state index contributed by atoms with van der Waals surface area (Å²) in [4.78, 5) is 27.2. The molecule has 1 saturated heterocycles. The summed E-state index contributed by atoms with van der Waals surface area (Å²) in [5.74, 6) is -0.215. The van der Waals surface area contributed by atoms with Gasteiger partial charge in [0.15, 0.2) is 0 Å². The molecule has 0 spiro atoms. The summed E-state index contributed by atoms with van der Waals surface area (Å²) in [6.07, 6.45) is -0.156. The molecule has 1 aliphatic heterocycles. The van der Waals surface area contributed by atoms with Crippen LogP contribution in [0.3, 0.4) is 0 Å². The number of carbonyl (C=O) groups excluding carboxylic acids is 2. The molecular weight excluding hydrogens is 384 g/mol. The molecule has 0 aromatic heterocycles. The number of rotatable bonds is 8. The van der Waals surface area contributed by atoms with Crippen molar-refractivity contribution in [1.29, 1.82) is 5.26 Å². The van der Waals surface area contributed by atoms with Gasteiger partial charge in [0.2, 0.25) is 5.91 Å². The summed E-state index contributed by atoms with van der Waals surface area (Å²) in [6.45, 7) is 7.88. The van der Waals surface area contributed by atoms with Gasteiger partial charge < -0.3 is 25.0 Å². The minimum Gasteiger partial charge on any atom is -0.378 e. The smallest absolute Gasteiger partial charge is 0.318 e. The van der Waals surface area contributed by atoms with Crippen LogP contribution >= 0.6 is 0 Å². The Kier molecular flexibility index (Phi) is 9.09. The number of benzene rings is 1. The average Bonchev–Trinajstić information content (AvgIpc) is 2.74. The van der Waals surface area contributed by atoms with Gasteiger partial charge in [0.25, 0.3) is 0 Å². The predicted molar refractivity (Wildman–Crippen MR) is 113 cm³/mol. The molecule has 8 heteroatoms. The summed E-state index contributed by atoms with van der Waals surface area (Å²) in [7, 11) is 1.51. The molecule has 1 heterocycles. The summed E-state index contributed by atoms with van der Waals surface area (Å²) in [5, 5.41) is 15.3. The van der Waals surface area contributed by atoms with Crippen molar-refractivity contribution in [3.8, 4) is 6.07 Å². The van der Waals surface area contributed by atoms with Crippen molar-refractivity contribution in [2.75, 3.05) is 33.4 Å². The maximum Gasteiger partial charge on any atom is 0.318 e. The Labute approximate surface area is 178 Å². The highest BCUT2D eigenvalue weighted by atomic mass is 16.5. The van der Waals surface area contributed by atoms with E-state index in [1.165, 1.54) is 7.11 Å². The van der Waals surface area contributed by atoms with Gasteiger partial charge in [-0.15, -0.1) is 0 Å². The summed E-state index contributed by atoms with van der Waals surface area (Å²) in [5.41, 5.74) is 1.89. The number of amides is 3. The van der Waals surface area contributed by atoms with Crippen molar-refractivity contribution < 1.29 is 19.1 Å². The number of aryl methyl sites for hydroxylation is 1. The van der Waals surface area contributed by atoms with E-state index < -0.39 is 24.1 Å². The number of nitriles is 1. The minimum absolute atomic E-state index is 0.182. The molecule has 1 aliphatic rings. The molecule has 2 N–H and O–H groups in total. The van der Waals surface area contributed by atoms with Crippen LogP contribution in [-0.4, -0.2) is 62.3 Å². The second-order valence-corrected chi connectivity index (χ2v) is 7.91. The number of nitrogens with zero attached hydrogens (tertiary/aromatic N) is 2.